The van der Waals surface area contributed by atoms with Crippen molar-refractivity contribution in [2.75, 3.05) is 11.9 Å². The summed E-state index contributed by atoms with van der Waals surface area (Å²) in [4.78, 5) is 12.6. The van der Waals surface area contributed by atoms with Crippen LogP contribution < -0.4 is 5.32 Å². The van der Waals surface area contributed by atoms with Gasteiger partial charge in [-0.25, -0.2) is 19.3 Å². The van der Waals surface area contributed by atoms with Crippen LogP contribution in [0.5, 0.6) is 0 Å². The zero-order valence-electron chi connectivity index (χ0n) is 10.9. The first kappa shape index (κ1) is 12.9. The van der Waals surface area contributed by atoms with Crippen molar-refractivity contribution in [2.24, 2.45) is 0 Å². The number of nitrogens with zero attached hydrogens (tertiary/aromatic N) is 3. The van der Waals surface area contributed by atoms with Gasteiger partial charge in [-0.05, 0) is 19.1 Å². The molecule has 0 radical (unpaired) electrons. The van der Waals surface area contributed by atoms with Crippen molar-refractivity contribution in [3.63, 3.8) is 0 Å². The van der Waals surface area contributed by atoms with E-state index >= 15 is 0 Å². The number of fused-ring (bicyclic) bond motifs is 1. The summed E-state index contributed by atoms with van der Waals surface area (Å²) >= 11 is 1.65. The number of hydrogen-bond acceptors (Lipinski definition) is 5. The summed E-state index contributed by atoms with van der Waals surface area (Å²) in [6, 6.07) is 4.88. The summed E-state index contributed by atoms with van der Waals surface area (Å²) in [5, 5.41) is 7.03. The highest BCUT2D eigenvalue weighted by atomic mass is 32.1. The lowest BCUT2D eigenvalue weighted by Crippen LogP contribution is -2.07. The molecule has 0 saturated carbocycles. The number of rotatable bonds is 4. The number of anilines is 1. The van der Waals surface area contributed by atoms with Gasteiger partial charge < -0.3 is 5.32 Å². The van der Waals surface area contributed by atoms with Gasteiger partial charge in [0.15, 0.2) is 0 Å². The van der Waals surface area contributed by atoms with Crippen molar-refractivity contribution < 1.29 is 4.39 Å². The Kier molecular flexibility index (Phi) is 3.56. The minimum absolute atomic E-state index is 0.330. The van der Waals surface area contributed by atoms with Crippen LogP contribution >= 0.6 is 11.3 Å². The Bertz CT molecular complexity index is 741. The Morgan fingerprint density at radius 3 is 3.00 bits per heavy atom. The molecular formula is C14H13FN4S. The summed E-state index contributed by atoms with van der Waals surface area (Å²) in [5.74, 6) is 0.325. The smallest absolute Gasteiger partial charge is 0.149 e. The Labute approximate surface area is 119 Å². The number of para-hydroxylation sites is 1. The first-order valence-electron chi connectivity index (χ1n) is 6.28. The van der Waals surface area contributed by atoms with Crippen LogP contribution in [0.15, 0.2) is 29.9 Å². The van der Waals surface area contributed by atoms with E-state index < -0.39 is 0 Å². The average Bonchev–Trinajstić information content (AvgIpc) is 2.86. The highest BCUT2D eigenvalue weighted by Crippen LogP contribution is 2.21. The second-order valence-corrected chi connectivity index (χ2v) is 5.36. The molecule has 0 fully saturated rings. The Morgan fingerprint density at radius 1 is 1.30 bits per heavy atom. The second-order valence-electron chi connectivity index (χ2n) is 4.42. The molecule has 1 aromatic carbocycles. The van der Waals surface area contributed by atoms with Crippen molar-refractivity contribution >= 4 is 28.1 Å². The summed E-state index contributed by atoms with van der Waals surface area (Å²) in [6.07, 6.45) is 2.20. The molecule has 0 spiro atoms. The van der Waals surface area contributed by atoms with Gasteiger partial charge in [-0.2, -0.15) is 0 Å². The molecule has 6 heteroatoms. The van der Waals surface area contributed by atoms with E-state index in [0.29, 0.717) is 23.3 Å². The van der Waals surface area contributed by atoms with E-state index in [4.69, 9.17) is 0 Å². The minimum atomic E-state index is -0.330. The van der Waals surface area contributed by atoms with Gasteiger partial charge in [-0.1, -0.05) is 6.07 Å². The molecule has 2 heterocycles. The Morgan fingerprint density at radius 2 is 2.20 bits per heavy atom. The van der Waals surface area contributed by atoms with Gasteiger partial charge >= 0.3 is 0 Å². The number of halogens is 1. The fourth-order valence-corrected chi connectivity index (χ4v) is 2.77. The summed E-state index contributed by atoms with van der Waals surface area (Å²) < 4.78 is 13.6. The third-order valence-corrected chi connectivity index (χ3v) is 3.94. The summed E-state index contributed by atoms with van der Waals surface area (Å²) in [5.41, 5.74) is 1.38. The average molecular weight is 288 g/mol. The van der Waals surface area contributed by atoms with Crippen LogP contribution in [0.25, 0.3) is 10.9 Å². The number of hydrogen-bond donors (Lipinski definition) is 1. The van der Waals surface area contributed by atoms with E-state index in [1.807, 2.05) is 18.4 Å². The Balaban J connectivity index is 1.76. The molecule has 0 aliphatic carbocycles. The molecule has 2 aromatic heterocycles. The first-order valence-corrected chi connectivity index (χ1v) is 7.16. The zero-order valence-corrected chi connectivity index (χ0v) is 11.7. The summed E-state index contributed by atoms with van der Waals surface area (Å²) in [6.45, 7) is 2.68. The predicted molar refractivity (Wildman–Crippen MR) is 78.5 cm³/mol. The molecular weight excluding hydrogens is 275 g/mol. The molecule has 0 aliphatic heterocycles. The standard InChI is InChI=1S/C14H13FN4S/c1-9-7-20-12(19-9)5-6-16-14-10-3-2-4-11(15)13(10)17-8-18-14/h2-4,7-8H,5-6H2,1H3,(H,16,17,18). The molecule has 0 amide bonds. The summed E-state index contributed by atoms with van der Waals surface area (Å²) in [7, 11) is 0. The maximum absolute atomic E-state index is 13.6. The van der Waals surface area contributed by atoms with Gasteiger partial charge in [0.2, 0.25) is 0 Å². The molecule has 0 bridgehead atoms. The molecule has 0 saturated heterocycles. The highest BCUT2D eigenvalue weighted by molar-refractivity contribution is 7.09. The van der Waals surface area contributed by atoms with Crippen molar-refractivity contribution in [2.45, 2.75) is 13.3 Å². The van der Waals surface area contributed by atoms with Gasteiger partial charge in [-0.15, -0.1) is 11.3 Å². The molecule has 4 nitrogen and oxygen atoms in total. The predicted octanol–water partition coefficient (Wildman–Crippen LogP) is 3.19. The van der Waals surface area contributed by atoms with E-state index in [9.17, 15) is 4.39 Å². The van der Waals surface area contributed by atoms with Crippen molar-refractivity contribution in [3.05, 3.63) is 46.4 Å². The lowest BCUT2D eigenvalue weighted by Gasteiger charge is -2.07. The first-order chi connectivity index (χ1) is 9.74. The molecule has 1 N–H and O–H groups in total. The van der Waals surface area contributed by atoms with Gasteiger partial charge in [0.25, 0.3) is 0 Å². The molecule has 3 aromatic rings. The fraction of sp³-hybridized carbons (Fsp3) is 0.214. The van der Waals surface area contributed by atoms with Crippen LogP contribution in [0.1, 0.15) is 10.7 Å². The molecule has 102 valence electrons. The third kappa shape index (κ3) is 2.60. The van der Waals surface area contributed by atoms with Gasteiger partial charge in [0, 0.05) is 29.4 Å². The van der Waals surface area contributed by atoms with Gasteiger partial charge in [0.1, 0.15) is 23.5 Å². The Hall–Kier alpha value is -2.08. The number of aryl methyl sites for hydroxylation is 1. The van der Waals surface area contributed by atoms with Crippen molar-refractivity contribution in [1.29, 1.82) is 0 Å². The molecule has 0 aliphatic rings. The second kappa shape index (κ2) is 5.50. The number of benzene rings is 1. The fourth-order valence-electron chi connectivity index (χ4n) is 2.00. The van der Waals surface area contributed by atoms with Gasteiger partial charge in [0.05, 0.1) is 5.01 Å². The molecule has 0 unspecified atom stereocenters. The molecule has 20 heavy (non-hydrogen) atoms. The van der Waals surface area contributed by atoms with Crippen LogP contribution in [0.2, 0.25) is 0 Å². The SMILES string of the molecule is Cc1csc(CCNc2ncnc3c(F)cccc23)n1. The van der Waals surface area contributed by atoms with E-state index in [1.165, 1.54) is 12.4 Å². The van der Waals surface area contributed by atoms with Crippen molar-refractivity contribution in [1.82, 2.24) is 15.0 Å². The molecule has 3 rings (SSSR count). The largest absolute Gasteiger partial charge is 0.369 e. The van der Waals surface area contributed by atoms with Crippen LogP contribution in [0.3, 0.4) is 0 Å². The maximum Gasteiger partial charge on any atom is 0.149 e. The maximum atomic E-state index is 13.6. The van der Waals surface area contributed by atoms with Gasteiger partial charge in [-0.3, -0.25) is 0 Å². The van der Waals surface area contributed by atoms with E-state index in [2.05, 4.69) is 20.3 Å². The number of thiazole rings is 1. The van der Waals surface area contributed by atoms with Crippen LogP contribution in [-0.4, -0.2) is 21.5 Å². The lowest BCUT2D eigenvalue weighted by molar-refractivity contribution is 0.636. The normalized spacial score (nSPS) is 10.9. The zero-order chi connectivity index (χ0) is 13.9. The van der Waals surface area contributed by atoms with Crippen LogP contribution in [0.4, 0.5) is 10.2 Å². The van der Waals surface area contributed by atoms with E-state index in [1.54, 1.807) is 17.4 Å². The topological polar surface area (TPSA) is 50.7 Å². The van der Waals surface area contributed by atoms with E-state index in [0.717, 1.165) is 17.1 Å². The minimum Gasteiger partial charge on any atom is -0.369 e. The van der Waals surface area contributed by atoms with Crippen LogP contribution in [0, 0.1) is 12.7 Å². The third-order valence-electron chi connectivity index (χ3n) is 2.91. The lowest BCUT2D eigenvalue weighted by atomic mass is 10.2. The monoisotopic (exact) mass is 288 g/mol. The van der Waals surface area contributed by atoms with E-state index in [-0.39, 0.29) is 5.82 Å². The quantitative estimate of drug-likeness (QED) is 0.801. The van der Waals surface area contributed by atoms with Crippen molar-refractivity contribution in [3.8, 4) is 0 Å². The highest BCUT2D eigenvalue weighted by Gasteiger charge is 2.07. The van der Waals surface area contributed by atoms with Crippen LogP contribution in [-0.2, 0) is 6.42 Å². The molecule has 0 atom stereocenters. The number of aromatic nitrogens is 3. The number of nitrogens with one attached hydrogen (secondary N) is 1.